The average molecular weight is 469 g/mol. The van der Waals surface area contributed by atoms with E-state index in [1.807, 2.05) is 13.1 Å². The second kappa shape index (κ2) is 10.0. The average Bonchev–Trinajstić information content (AvgIpc) is 2.83. The van der Waals surface area contributed by atoms with Crippen LogP contribution in [0, 0.1) is 20.8 Å². The van der Waals surface area contributed by atoms with E-state index in [0.717, 1.165) is 48.6 Å². The van der Waals surface area contributed by atoms with Crippen LogP contribution in [0.25, 0.3) is 16.7 Å². The Morgan fingerprint density at radius 2 is 1.89 bits per heavy atom. The molecule has 0 fully saturated rings. The molecule has 1 aliphatic rings. The molecule has 5 nitrogen and oxygen atoms in total. The molecule has 0 N–H and O–H groups in total. The van der Waals surface area contributed by atoms with Crippen molar-refractivity contribution >= 4 is 5.57 Å². The molecular weight excluding hydrogens is 432 g/mol. The van der Waals surface area contributed by atoms with Gasteiger partial charge in [0.25, 0.3) is 5.56 Å². The summed E-state index contributed by atoms with van der Waals surface area (Å²) < 4.78 is 1.64. The number of rotatable bonds is 5. The number of allylic oxidation sites excluding steroid dienone is 3. The Hall–Kier alpha value is -3.47. The van der Waals surface area contributed by atoms with E-state index in [1.54, 1.807) is 17.7 Å². The van der Waals surface area contributed by atoms with Crippen LogP contribution in [-0.4, -0.2) is 26.0 Å². The predicted molar refractivity (Wildman–Crippen MR) is 144 cm³/mol. The molecule has 2 aromatic heterocycles. The van der Waals surface area contributed by atoms with E-state index >= 15 is 0 Å². The van der Waals surface area contributed by atoms with E-state index in [2.05, 4.69) is 74.8 Å². The van der Waals surface area contributed by atoms with Gasteiger partial charge in [0.15, 0.2) is 0 Å². The number of aromatic nitrogens is 3. The predicted octanol–water partition coefficient (Wildman–Crippen LogP) is 5.91. The molecule has 0 amide bonds. The highest BCUT2D eigenvalue weighted by Crippen LogP contribution is 2.31. The molecule has 5 heteroatoms. The van der Waals surface area contributed by atoms with Gasteiger partial charge in [-0.2, -0.15) is 0 Å². The Labute approximate surface area is 208 Å². The van der Waals surface area contributed by atoms with Crippen molar-refractivity contribution in [1.82, 2.24) is 19.4 Å². The number of hydrogen-bond acceptors (Lipinski definition) is 4. The maximum atomic E-state index is 12.4. The maximum Gasteiger partial charge on any atom is 0.253 e. The fourth-order valence-electron chi connectivity index (χ4n) is 4.98. The number of aryl methyl sites for hydroxylation is 3. The second-order valence-corrected chi connectivity index (χ2v) is 9.69. The molecule has 3 aromatic rings. The van der Waals surface area contributed by atoms with Gasteiger partial charge in [-0.15, -0.1) is 0 Å². The van der Waals surface area contributed by atoms with Gasteiger partial charge in [0.2, 0.25) is 0 Å². The summed E-state index contributed by atoms with van der Waals surface area (Å²) in [7, 11) is 1.79. The van der Waals surface area contributed by atoms with Crippen molar-refractivity contribution in [2.24, 2.45) is 7.05 Å². The third-order valence-corrected chi connectivity index (χ3v) is 7.02. The fraction of sp³-hybridized carbons (Fsp3) is 0.367. The van der Waals surface area contributed by atoms with Crippen molar-refractivity contribution in [3.63, 3.8) is 0 Å². The summed E-state index contributed by atoms with van der Waals surface area (Å²) in [6.45, 7) is 14.3. The van der Waals surface area contributed by atoms with Gasteiger partial charge in [0.1, 0.15) is 5.82 Å². The first-order chi connectivity index (χ1) is 16.7. The first-order valence-corrected chi connectivity index (χ1v) is 12.4. The largest absolute Gasteiger partial charge is 0.367 e. The highest BCUT2D eigenvalue weighted by molar-refractivity contribution is 5.68. The van der Waals surface area contributed by atoms with E-state index in [1.165, 1.54) is 39.2 Å². The first kappa shape index (κ1) is 24.6. The summed E-state index contributed by atoms with van der Waals surface area (Å²) in [5.74, 6) is 0.728. The van der Waals surface area contributed by atoms with Crippen LogP contribution in [0.2, 0.25) is 0 Å². The number of fused-ring (bicyclic) bond motifs is 1. The van der Waals surface area contributed by atoms with Gasteiger partial charge in [-0.3, -0.25) is 14.3 Å². The molecular formula is C30H36N4O. The lowest BCUT2D eigenvalue weighted by Crippen LogP contribution is -2.31. The molecule has 35 heavy (non-hydrogen) atoms. The van der Waals surface area contributed by atoms with Gasteiger partial charge in [0.05, 0.1) is 0 Å². The van der Waals surface area contributed by atoms with Crippen LogP contribution >= 0.6 is 0 Å². The van der Waals surface area contributed by atoms with E-state index < -0.39 is 0 Å². The Balaban J connectivity index is 1.70. The van der Waals surface area contributed by atoms with Gasteiger partial charge >= 0.3 is 0 Å². The summed E-state index contributed by atoms with van der Waals surface area (Å²) in [4.78, 5) is 24.4. The molecule has 3 heterocycles. The SMILES string of the molecule is CC/C=C(/C(C)=C(/C)c1nc(C)cc(=O)n1C)N1CCc2ncc(-c3ccc(C)cc3C)cc2C1. The van der Waals surface area contributed by atoms with Crippen LogP contribution < -0.4 is 5.56 Å². The lowest BCUT2D eigenvalue weighted by atomic mass is 9.95. The van der Waals surface area contributed by atoms with Crippen LogP contribution in [0.5, 0.6) is 0 Å². The minimum absolute atomic E-state index is 0.0300. The minimum Gasteiger partial charge on any atom is -0.367 e. The maximum absolute atomic E-state index is 12.4. The van der Waals surface area contributed by atoms with Crippen LogP contribution in [0.4, 0.5) is 0 Å². The molecule has 0 bridgehead atoms. The molecule has 0 spiro atoms. The highest BCUT2D eigenvalue weighted by Gasteiger charge is 2.22. The Bertz CT molecular complexity index is 1390. The Morgan fingerprint density at radius 3 is 2.60 bits per heavy atom. The van der Waals surface area contributed by atoms with Crippen molar-refractivity contribution in [3.8, 4) is 11.1 Å². The van der Waals surface area contributed by atoms with Gasteiger partial charge in [-0.25, -0.2) is 4.98 Å². The van der Waals surface area contributed by atoms with Gasteiger partial charge in [0, 0.05) is 61.5 Å². The molecule has 182 valence electrons. The normalized spacial score (nSPS) is 14.6. The van der Waals surface area contributed by atoms with E-state index in [4.69, 9.17) is 4.98 Å². The zero-order valence-corrected chi connectivity index (χ0v) is 22.1. The van der Waals surface area contributed by atoms with Crippen molar-refractivity contribution < 1.29 is 0 Å². The zero-order valence-electron chi connectivity index (χ0n) is 22.1. The third-order valence-electron chi connectivity index (χ3n) is 7.02. The van der Waals surface area contributed by atoms with E-state index in [-0.39, 0.29) is 5.56 Å². The van der Waals surface area contributed by atoms with Crippen LogP contribution in [-0.2, 0) is 20.0 Å². The first-order valence-electron chi connectivity index (χ1n) is 12.4. The minimum atomic E-state index is -0.0300. The van der Waals surface area contributed by atoms with E-state index in [9.17, 15) is 4.79 Å². The molecule has 1 aliphatic heterocycles. The van der Waals surface area contributed by atoms with Crippen LogP contribution in [0.3, 0.4) is 0 Å². The van der Waals surface area contributed by atoms with Crippen LogP contribution in [0.15, 0.2) is 58.7 Å². The lowest BCUT2D eigenvalue weighted by molar-refractivity contribution is 0.324. The monoisotopic (exact) mass is 468 g/mol. The Morgan fingerprint density at radius 1 is 1.11 bits per heavy atom. The van der Waals surface area contributed by atoms with Gasteiger partial charge in [-0.1, -0.05) is 36.8 Å². The zero-order chi connectivity index (χ0) is 25.3. The molecule has 4 rings (SSSR count). The molecule has 0 saturated heterocycles. The molecule has 0 atom stereocenters. The molecule has 1 aromatic carbocycles. The van der Waals surface area contributed by atoms with Crippen molar-refractivity contribution in [1.29, 1.82) is 0 Å². The van der Waals surface area contributed by atoms with E-state index in [0.29, 0.717) is 0 Å². The fourth-order valence-corrected chi connectivity index (χ4v) is 4.98. The summed E-state index contributed by atoms with van der Waals surface area (Å²) >= 11 is 0. The van der Waals surface area contributed by atoms with Crippen LogP contribution in [0.1, 0.15) is 61.1 Å². The number of pyridine rings is 1. The topological polar surface area (TPSA) is 51.0 Å². The number of nitrogens with zero attached hydrogens (tertiary/aromatic N) is 4. The van der Waals surface area contributed by atoms with Gasteiger partial charge < -0.3 is 4.90 Å². The number of hydrogen-bond donors (Lipinski definition) is 0. The molecule has 0 radical (unpaired) electrons. The molecule has 0 unspecified atom stereocenters. The lowest BCUT2D eigenvalue weighted by Gasteiger charge is -2.33. The van der Waals surface area contributed by atoms with Gasteiger partial charge in [-0.05, 0) is 74.9 Å². The summed E-state index contributed by atoms with van der Waals surface area (Å²) in [5.41, 5.74) is 11.5. The summed E-state index contributed by atoms with van der Waals surface area (Å²) in [5, 5.41) is 0. The van der Waals surface area contributed by atoms with Crippen molar-refractivity contribution in [2.45, 2.75) is 60.9 Å². The standard InChI is InChI=1S/C30H36N4O/c1-8-9-28(22(5)23(6)30-32-21(4)15-29(35)33(30)7)34-13-12-27-25(18-34)16-24(17-31-27)26-11-10-19(2)14-20(26)3/h9-11,14-17H,8,12-13,18H2,1-7H3/b23-22-,28-9-. The second-order valence-electron chi connectivity index (χ2n) is 9.69. The van der Waals surface area contributed by atoms with Crippen molar-refractivity contribution in [3.05, 3.63) is 98.1 Å². The third kappa shape index (κ3) is 5.00. The molecule has 0 aliphatic carbocycles. The smallest absolute Gasteiger partial charge is 0.253 e. The Kier molecular flexibility index (Phi) is 7.06. The summed E-state index contributed by atoms with van der Waals surface area (Å²) in [6, 6.07) is 10.5. The molecule has 0 saturated carbocycles. The highest BCUT2D eigenvalue weighted by atomic mass is 16.1. The van der Waals surface area contributed by atoms with Crippen molar-refractivity contribution in [2.75, 3.05) is 6.54 Å². The number of benzene rings is 1. The summed E-state index contributed by atoms with van der Waals surface area (Å²) in [6.07, 6.45) is 6.16. The quantitative estimate of drug-likeness (QED) is 0.437.